The minimum Gasteiger partial charge on any atom is -0.497 e. The van der Waals surface area contributed by atoms with E-state index < -0.39 is 6.10 Å². The standard InChI is InChI=1S/C19H24O3/c1-19-8-7-14-13-6-4-12(22-2)9-11(13)3-5-15(14)16(19)10-17(20)18(19)21/h4,6,9,14-16,18,21H,3,5,7-8,10H2,1-2H3/t14-,15-,16-,18-,19+/m1/s1. The van der Waals surface area contributed by atoms with Gasteiger partial charge < -0.3 is 9.84 Å². The zero-order valence-corrected chi connectivity index (χ0v) is 13.3. The first-order valence-electron chi connectivity index (χ1n) is 8.42. The summed E-state index contributed by atoms with van der Waals surface area (Å²) in [5.74, 6) is 2.44. The molecular weight excluding hydrogens is 276 g/mol. The monoisotopic (exact) mass is 300 g/mol. The predicted octanol–water partition coefficient (Wildman–Crippen LogP) is 3.09. The third kappa shape index (κ3) is 1.81. The van der Waals surface area contributed by atoms with E-state index >= 15 is 0 Å². The molecule has 2 saturated carbocycles. The van der Waals surface area contributed by atoms with Crippen LogP contribution < -0.4 is 4.74 Å². The molecule has 0 unspecified atom stereocenters. The molecule has 4 rings (SSSR count). The summed E-state index contributed by atoms with van der Waals surface area (Å²) >= 11 is 0. The Bertz CT molecular complexity index is 623. The lowest BCUT2D eigenvalue weighted by atomic mass is 9.55. The number of carbonyl (C=O) groups excluding carboxylic acids is 1. The van der Waals surface area contributed by atoms with E-state index in [9.17, 15) is 9.90 Å². The number of aliphatic hydroxyl groups excluding tert-OH is 1. The fraction of sp³-hybridized carbons (Fsp3) is 0.632. The highest BCUT2D eigenvalue weighted by Crippen LogP contribution is 2.60. The van der Waals surface area contributed by atoms with E-state index in [-0.39, 0.29) is 11.2 Å². The smallest absolute Gasteiger partial charge is 0.162 e. The Morgan fingerprint density at radius 3 is 2.91 bits per heavy atom. The lowest BCUT2D eigenvalue weighted by Gasteiger charge is -2.49. The van der Waals surface area contributed by atoms with Crippen molar-refractivity contribution in [2.24, 2.45) is 17.3 Å². The van der Waals surface area contributed by atoms with E-state index in [1.54, 1.807) is 7.11 Å². The zero-order chi connectivity index (χ0) is 15.5. The van der Waals surface area contributed by atoms with Gasteiger partial charge in [-0.15, -0.1) is 0 Å². The van der Waals surface area contributed by atoms with Gasteiger partial charge in [0.05, 0.1) is 7.11 Å². The number of methoxy groups -OCH3 is 1. The van der Waals surface area contributed by atoms with E-state index in [2.05, 4.69) is 25.1 Å². The van der Waals surface area contributed by atoms with E-state index in [0.29, 0.717) is 24.2 Å². The summed E-state index contributed by atoms with van der Waals surface area (Å²) in [6.45, 7) is 2.13. The van der Waals surface area contributed by atoms with Crippen LogP contribution in [0.5, 0.6) is 5.75 Å². The molecule has 0 bridgehead atoms. The number of carbonyl (C=O) groups is 1. The maximum Gasteiger partial charge on any atom is 0.162 e. The average molecular weight is 300 g/mol. The molecule has 3 aliphatic rings. The molecule has 0 spiro atoms. The number of hydrogen-bond donors (Lipinski definition) is 1. The maximum absolute atomic E-state index is 12.1. The molecule has 1 aromatic carbocycles. The molecule has 0 aromatic heterocycles. The topological polar surface area (TPSA) is 46.5 Å². The Morgan fingerprint density at radius 2 is 2.14 bits per heavy atom. The number of aliphatic hydroxyl groups is 1. The molecule has 118 valence electrons. The van der Waals surface area contributed by atoms with Crippen LogP contribution in [0.15, 0.2) is 18.2 Å². The summed E-state index contributed by atoms with van der Waals surface area (Å²) in [5, 5.41) is 10.3. The fourth-order valence-electron chi connectivity index (χ4n) is 5.45. The van der Waals surface area contributed by atoms with Gasteiger partial charge in [0.25, 0.3) is 0 Å². The molecule has 0 radical (unpaired) electrons. The lowest BCUT2D eigenvalue weighted by molar-refractivity contribution is -0.128. The summed E-state index contributed by atoms with van der Waals surface area (Å²) in [5.41, 5.74) is 2.67. The zero-order valence-electron chi connectivity index (χ0n) is 13.3. The molecule has 2 fully saturated rings. The summed E-state index contributed by atoms with van der Waals surface area (Å²) in [6, 6.07) is 6.46. The molecule has 1 N–H and O–H groups in total. The van der Waals surface area contributed by atoms with Gasteiger partial charge in [-0.05, 0) is 66.7 Å². The van der Waals surface area contributed by atoms with Crippen molar-refractivity contribution in [1.82, 2.24) is 0 Å². The molecule has 1 aromatic rings. The second kappa shape index (κ2) is 4.82. The summed E-state index contributed by atoms with van der Waals surface area (Å²) < 4.78 is 5.35. The number of rotatable bonds is 1. The first-order valence-corrected chi connectivity index (χ1v) is 8.42. The van der Waals surface area contributed by atoms with Crippen molar-refractivity contribution >= 4 is 5.78 Å². The van der Waals surface area contributed by atoms with Crippen LogP contribution in [-0.2, 0) is 11.2 Å². The molecule has 0 amide bonds. The minimum atomic E-state index is -0.740. The lowest BCUT2D eigenvalue weighted by Crippen LogP contribution is -2.44. The number of fused-ring (bicyclic) bond motifs is 5. The van der Waals surface area contributed by atoms with Gasteiger partial charge in [0.2, 0.25) is 0 Å². The highest BCUT2D eigenvalue weighted by molar-refractivity contribution is 5.86. The van der Waals surface area contributed by atoms with E-state index in [1.165, 1.54) is 11.1 Å². The minimum absolute atomic E-state index is 0.0636. The quantitative estimate of drug-likeness (QED) is 0.867. The first kappa shape index (κ1) is 14.3. The second-order valence-electron chi connectivity index (χ2n) is 7.60. The van der Waals surface area contributed by atoms with Crippen LogP contribution in [0, 0.1) is 17.3 Å². The number of Topliss-reactive ketones (excluding diaryl/α,β-unsaturated/α-hetero) is 1. The molecule has 3 nitrogen and oxygen atoms in total. The predicted molar refractivity (Wildman–Crippen MR) is 84.0 cm³/mol. The van der Waals surface area contributed by atoms with Crippen LogP contribution in [0.1, 0.15) is 49.7 Å². The van der Waals surface area contributed by atoms with Crippen LogP contribution in [0.4, 0.5) is 0 Å². The molecule has 22 heavy (non-hydrogen) atoms. The number of ether oxygens (including phenoxy) is 1. The number of aryl methyl sites for hydroxylation is 1. The van der Waals surface area contributed by atoms with Crippen LogP contribution in [0.25, 0.3) is 0 Å². The molecule has 0 aliphatic heterocycles. The van der Waals surface area contributed by atoms with Gasteiger partial charge in [0.1, 0.15) is 11.9 Å². The van der Waals surface area contributed by atoms with Crippen molar-refractivity contribution in [2.75, 3.05) is 7.11 Å². The molecule has 3 heteroatoms. The summed E-state index contributed by atoms with van der Waals surface area (Å²) in [4.78, 5) is 12.1. The van der Waals surface area contributed by atoms with Crippen LogP contribution >= 0.6 is 0 Å². The van der Waals surface area contributed by atoms with Crippen LogP contribution in [0.3, 0.4) is 0 Å². The Hall–Kier alpha value is -1.35. The van der Waals surface area contributed by atoms with Crippen molar-refractivity contribution in [1.29, 1.82) is 0 Å². The van der Waals surface area contributed by atoms with Gasteiger partial charge in [-0.25, -0.2) is 0 Å². The Morgan fingerprint density at radius 1 is 1.32 bits per heavy atom. The van der Waals surface area contributed by atoms with E-state index in [4.69, 9.17) is 4.74 Å². The van der Waals surface area contributed by atoms with Gasteiger partial charge >= 0.3 is 0 Å². The summed E-state index contributed by atoms with van der Waals surface area (Å²) in [6.07, 6.45) is 4.06. The molecule has 3 aliphatic carbocycles. The first-order chi connectivity index (χ1) is 10.5. The van der Waals surface area contributed by atoms with Crippen LogP contribution in [-0.4, -0.2) is 24.1 Å². The SMILES string of the molecule is COc1ccc2c(c1)CC[C@@H]1[C@@H]2CC[C@]2(C)[C@H](O)C(=O)C[C@H]12. The van der Waals surface area contributed by atoms with Gasteiger partial charge in [0, 0.05) is 11.8 Å². The number of benzene rings is 1. The highest BCUT2D eigenvalue weighted by atomic mass is 16.5. The molecular formula is C19H24O3. The second-order valence-corrected chi connectivity index (χ2v) is 7.60. The largest absolute Gasteiger partial charge is 0.497 e. The molecule has 5 atom stereocenters. The molecule has 0 heterocycles. The third-order valence-corrected chi connectivity index (χ3v) is 6.72. The Labute approximate surface area is 131 Å². The van der Waals surface area contributed by atoms with Gasteiger partial charge in [-0.3, -0.25) is 4.79 Å². The Kier molecular flexibility index (Phi) is 3.12. The maximum atomic E-state index is 12.1. The van der Waals surface area contributed by atoms with Crippen molar-refractivity contribution in [3.05, 3.63) is 29.3 Å². The number of ketones is 1. The third-order valence-electron chi connectivity index (χ3n) is 6.72. The van der Waals surface area contributed by atoms with E-state index in [0.717, 1.165) is 31.4 Å². The van der Waals surface area contributed by atoms with Crippen molar-refractivity contribution in [3.63, 3.8) is 0 Å². The normalized spacial score (nSPS) is 39.9. The van der Waals surface area contributed by atoms with Gasteiger partial charge in [0.15, 0.2) is 5.78 Å². The van der Waals surface area contributed by atoms with Crippen molar-refractivity contribution < 1.29 is 14.6 Å². The molecule has 0 saturated heterocycles. The Balaban J connectivity index is 1.70. The fourth-order valence-corrected chi connectivity index (χ4v) is 5.45. The van der Waals surface area contributed by atoms with Crippen LogP contribution in [0.2, 0.25) is 0 Å². The van der Waals surface area contributed by atoms with Crippen molar-refractivity contribution in [3.8, 4) is 5.75 Å². The number of hydrogen-bond acceptors (Lipinski definition) is 3. The summed E-state index contributed by atoms with van der Waals surface area (Å²) in [7, 11) is 1.71. The van der Waals surface area contributed by atoms with Gasteiger partial charge in [-0.1, -0.05) is 13.0 Å². The van der Waals surface area contributed by atoms with E-state index in [1.807, 2.05) is 0 Å². The highest BCUT2D eigenvalue weighted by Gasteiger charge is 2.57. The van der Waals surface area contributed by atoms with Gasteiger partial charge in [-0.2, -0.15) is 0 Å². The average Bonchev–Trinajstić information content (AvgIpc) is 2.77. The van der Waals surface area contributed by atoms with Crippen molar-refractivity contribution in [2.45, 2.75) is 51.0 Å².